The highest BCUT2D eigenvalue weighted by Gasteiger charge is 2.25. The Bertz CT molecular complexity index is 1010. The highest BCUT2D eigenvalue weighted by molar-refractivity contribution is 5.96. The molecule has 5 nitrogen and oxygen atoms in total. The monoisotopic (exact) mass is 436 g/mol. The van der Waals surface area contributed by atoms with E-state index in [9.17, 15) is 14.0 Å². The molecule has 0 saturated heterocycles. The van der Waals surface area contributed by atoms with Gasteiger partial charge in [0, 0.05) is 18.2 Å². The number of rotatable bonds is 9. The Kier molecular flexibility index (Phi) is 7.82. The lowest BCUT2D eigenvalue weighted by atomic mass is 10.1. The summed E-state index contributed by atoms with van der Waals surface area (Å²) in [5, 5.41) is 0. The fraction of sp³-hybridized carbons (Fsp3) is 0.308. The third-order valence-corrected chi connectivity index (χ3v) is 5.37. The molecule has 2 amide bonds. The summed E-state index contributed by atoms with van der Waals surface area (Å²) < 4.78 is 18.7. The predicted octanol–water partition coefficient (Wildman–Crippen LogP) is 5.06. The SMILES string of the molecule is CCc1ccc(C(=O)N(CC(=O)N(Cc2ccc(F)cc2)Cc2ccco2)C(C)C)cc1. The van der Waals surface area contributed by atoms with Gasteiger partial charge in [0.2, 0.25) is 5.91 Å². The van der Waals surface area contributed by atoms with E-state index in [1.54, 1.807) is 52.5 Å². The zero-order valence-electron chi connectivity index (χ0n) is 18.8. The van der Waals surface area contributed by atoms with Crippen LogP contribution in [-0.4, -0.2) is 34.2 Å². The summed E-state index contributed by atoms with van der Waals surface area (Å²) in [6.45, 7) is 6.32. The number of hydrogen-bond acceptors (Lipinski definition) is 3. The fourth-order valence-corrected chi connectivity index (χ4v) is 3.42. The summed E-state index contributed by atoms with van der Waals surface area (Å²) in [4.78, 5) is 29.7. The van der Waals surface area contributed by atoms with Gasteiger partial charge in [0.25, 0.3) is 5.91 Å². The van der Waals surface area contributed by atoms with Gasteiger partial charge in [0.15, 0.2) is 0 Å². The van der Waals surface area contributed by atoms with E-state index < -0.39 is 0 Å². The zero-order chi connectivity index (χ0) is 23.1. The molecule has 0 bridgehead atoms. The van der Waals surface area contributed by atoms with Gasteiger partial charge in [-0.2, -0.15) is 0 Å². The first-order valence-electron chi connectivity index (χ1n) is 10.8. The summed E-state index contributed by atoms with van der Waals surface area (Å²) in [6, 6.07) is 16.9. The van der Waals surface area contributed by atoms with E-state index in [0.29, 0.717) is 11.3 Å². The van der Waals surface area contributed by atoms with E-state index in [1.165, 1.54) is 12.1 Å². The first kappa shape index (κ1) is 23.3. The van der Waals surface area contributed by atoms with Crippen LogP contribution < -0.4 is 0 Å². The lowest BCUT2D eigenvalue weighted by Crippen LogP contribution is -2.45. The highest BCUT2D eigenvalue weighted by Crippen LogP contribution is 2.15. The number of benzene rings is 2. The number of carbonyl (C=O) groups is 2. The molecule has 0 fully saturated rings. The number of hydrogen-bond donors (Lipinski definition) is 0. The number of furan rings is 1. The maximum Gasteiger partial charge on any atom is 0.254 e. The van der Waals surface area contributed by atoms with E-state index in [4.69, 9.17) is 4.42 Å². The van der Waals surface area contributed by atoms with Gasteiger partial charge < -0.3 is 14.2 Å². The Balaban J connectivity index is 1.79. The first-order valence-corrected chi connectivity index (χ1v) is 10.8. The second-order valence-electron chi connectivity index (χ2n) is 8.03. The molecule has 32 heavy (non-hydrogen) atoms. The molecule has 0 radical (unpaired) electrons. The van der Waals surface area contributed by atoms with Crippen molar-refractivity contribution in [2.45, 2.75) is 46.3 Å². The molecular weight excluding hydrogens is 407 g/mol. The van der Waals surface area contributed by atoms with E-state index in [0.717, 1.165) is 17.5 Å². The second-order valence-corrected chi connectivity index (χ2v) is 8.03. The van der Waals surface area contributed by atoms with Crippen LogP contribution in [0, 0.1) is 5.82 Å². The number of carbonyl (C=O) groups excluding carboxylic acids is 2. The van der Waals surface area contributed by atoms with Crippen LogP contribution in [0.4, 0.5) is 4.39 Å². The molecule has 3 aromatic rings. The third kappa shape index (κ3) is 6.06. The number of halogens is 1. The number of nitrogens with zero attached hydrogens (tertiary/aromatic N) is 2. The van der Waals surface area contributed by atoms with Crippen molar-refractivity contribution in [3.63, 3.8) is 0 Å². The lowest BCUT2D eigenvalue weighted by Gasteiger charge is -2.30. The van der Waals surface area contributed by atoms with Gasteiger partial charge in [0.05, 0.1) is 12.8 Å². The molecule has 0 spiro atoms. The van der Waals surface area contributed by atoms with Crippen LogP contribution in [0.5, 0.6) is 0 Å². The second kappa shape index (κ2) is 10.8. The van der Waals surface area contributed by atoms with Crippen molar-refractivity contribution >= 4 is 11.8 Å². The zero-order valence-corrected chi connectivity index (χ0v) is 18.8. The molecule has 0 saturated carbocycles. The van der Waals surface area contributed by atoms with Crippen LogP contribution in [0.2, 0.25) is 0 Å². The molecule has 168 valence electrons. The van der Waals surface area contributed by atoms with E-state index in [2.05, 4.69) is 6.92 Å². The quantitative estimate of drug-likeness (QED) is 0.471. The Morgan fingerprint density at radius 3 is 2.16 bits per heavy atom. The van der Waals surface area contributed by atoms with Gasteiger partial charge in [-0.05, 0) is 67.8 Å². The van der Waals surface area contributed by atoms with Crippen LogP contribution in [0.3, 0.4) is 0 Å². The van der Waals surface area contributed by atoms with Crippen molar-refractivity contribution in [2.24, 2.45) is 0 Å². The van der Waals surface area contributed by atoms with E-state index in [1.807, 2.05) is 26.0 Å². The van der Waals surface area contributed by atoms with Crippen LogP contribution in [-0.2, 0) is 24.3 Å². The molecule has 0 unspecified atom stereocenters. The predicted molar refractivity (Wildman–Crippen MR) is 121 cm³/mol. The van der Waals surface area contributed by atoms with Crippen molar-refractivity contribution < 1.29 is 18.4 Å². The topological polar surface area (TPSA) is 53.8 Å². The molecule has 2 aromatic carbocycles. The van der Waals surface area contributed by atoms with Crippen molar-refractivity contribution in [3.8, 4) is 0 Å². The molecule has 0 aliphatic heterocycles. The minimum atomic E-state index is -0.330. The Morgan fingerprint density at radius 2 is 1.59 bits per heavy atom. The van der Waals surface area contributed by atoms with E-state index in [-0.39, 0.29) is 43.3 Å². The summed E-state index contributed by atoms with van der Waals surface area (Å²) in [7, 11) is 0. The fourth-order valence-electron chi connectivity index (χ4n) is 3.42. The summed E-state index contributed by atoms with van der Waals surface area (Å²) in [5.74, 6) is -0.0879. The largest absolute Gasteiger partial charge is 0.467 e. The molecule has 1 aromatic heterocycles. The normalized spacial score (nSPS) is 10.9. The molecular formula is C26H29FN2O3. The Labute approximate surface area is 188 Å². The van der Waals surface area contributed by atoms with E-state index >= 15 is 0 Å². The molecule has 0 aliphatic rings. The van der Waals surface area contributed by atoms with Gasteiger partial charge in [-0.1, -0.05) is 31.2 Å². The maximum absolute atomic E-state index is 13.3. The standard InChI is InChI=1S/C26H29FN2O3/c1-4-20-7-11-22(12-8-20)26(31)29(19(2)3)18-25(30)28(17-24-6-5-15-32-24)16-21-9-13-23(27)14-10-21/h5-15,19H,4,16-18H2,1-3H3. The van der Waals surface area contributed by atoms with Crippen LogP contribution in [0.15, 0.2) is 71.3 Å². The molecule has 0 N–H and O–H groups in total. The molecule has 3 rings (SSSR count). The van der Waals surface area contributed by atoms with Crippen molar-refractivity contribution in [3.05, 3.63) is 95.2 Å². The summed E-state index contributed by atoms with van der Waals surface area (Å²) in [5.41, 5.74) is 2.50. The van der Waals surface area contributed by atoms with Gasteiger partial charge in [-0.3, -0.25) is 9.59 Å². The van der Waals surface area contributed by atoms with Crippen molar-refractivity contribution in [1.82, 2.24) is 9.80 Å². The average Bonchev–Trinajstić information content (AvgIpc) is 3.31. The lowest BCUT2D eigenvalue weighted by molar-refractivity contribution is -0.133. The molecule has 0 aliphatic carbocycles. The third-order valence-electron chi connectivity index (χ3n) is 5.37. The van der Waals surface area contributed by atoms with Gasteiger partial charge in [0.1, 0.15) is 18.1 Å². The van der Waals surface area contributed by atoms with Crippen molar-refractivity contribution in [2.75, 3.05) is 6.54 Å². The molecule has 6 heteroatoms. The van der Waals surface area contributed by atoms with Crippen LogP contribution in [0.25, 0.3) is 0 Å². The highest BCUT2D eigenvalue weighted by atomic mass is 19.1. The minimum absolute atomic E-state index is 0.0616. The molecule has 0 atom stereocenters. The summed E-state index contributed by atoms with van der Waals surface area (Å²) >= 11 is 0. The first-order chi connectivity index (χ1) is 15.4. The number of amides is 2. The van der Waals surface area contributed by atoms with Gasteiger partial charge in [-0.25, -0.2) is 4.39 Å². The maximum atomic E-state index is 13.3. The van der Waals surface area contributed by atoms with Crippen LogP contribution in [0.1, 0.15) is 48.0 Å². The smallest absolute Gasteiger partial charge is 0.254 e. The average molecular weight is 437 g/mol. The molecule has 1 heterocycles. The number of aryl methyl sites for hydroxylation is 1. The van der Waals surface area contributed by atoms with Gasteiger partial charge in [-0.15, -0.1) is 0 Å². The minimum Gasteiger partial charge on any atom is -0.467 e. The Morgan fingerprint density at radius 1 is 0.938 bits per heavy atom. The summed E-state index contributed by atoms with van der Waals surface area (Å²) in [6.07, 6.45) is 2.45. The van der Waals surface area contributed by atoms with Crippen molar-refractivity contribution in [1.29, 1.82) is 0 Å². The van der Waals surface area contributed by atoms with Gasteiger partial charge >= 0.3 is 0 Å². The van der Waals surface area contributed by atoms with Crippen LogP contribution >= 0.6 is 0 Å². The Hall–Kier alpha value is -3.41.